The molecule has 1 aromatic carbocycles. The van der Waals surface area contributed by atoms with E-state index < -0.39 is 22.7 Å². The van der Waals surface area contributed by atoms with Gasteiger partial charge in [0.2, 0.25) is 0 Å². The summed E-state index contributed by atoms with van der Waals surface area (Å²) in [6.07, 6.45) is 0. The number of amides is 1. The summed E-state index contributed by atoms with van der Waals surface area (Å²) in [7, 11) is 0. The summed E-state index contributed by atoms with van der Waals surface area (Å²) in [6, 6.07) is 4.34. The van der Waals surface area contributed by atoms with Crippen molar-refractivity contribution < 1.29 is 19.6 Å². The van der Waals surface area contributed by atoms with Crippen LogP contribution in [-0.2, 0) is 4.79 Å². The summed E-state index contributed by atoms with van der Waals surface area (Å²) < 4.78 is 0. The summed E-state index contributed by atoms with van der Waals surface area (Å²) in [6.45, 7) is 3.88. The number of aryl methyl sites for hydroxylation is 1. The van der Waals surface area contributed by atoms with Crippen molar-refractivity contribution in [2.24, 2.45) is 11.8 Å². The highest BCUT2D eigenvalue weighted by Crippen LogP contribution is 2.28. The minimum atomic E-state index is -0.948. The Morgan fingerprint density at radius 2 is 2.05 bits per heavy atom. The zero-order chi connectivity index (χ0) is 15.7. The molecule has 1 saturated heterocycles. The quantitative estimate of drug-likeness (QED) is 0.675. The first-order valence-corrected chi connectivity index (χ1v) is 6.58. The number of carboxylic acids is 1. The number of benzene rings is 1. The summed E-state index contributed by atoms with van der Waals surface area (Å²) >= 11 is 0. The smallest absolute Gasteiger partial charge is 0.308 e. The lowest BCUT2D eigenvalue weighted by atomic mass is 9.99. The first kappa shape index (κ1) is 15.0. The van der Waals surface area contributed by atoms with Gasteiger partial charge in [-0.15, -0.1) is 0 Å². The maximum absolute atomic E-state index is 12.5. The molecule has 1 fully saturated rings. The predicted octanol–water partition coefficient (Wildman–Crippen LogP) is 1.70. The number of carboxylic acid groups (broad SMARTS) is 1. The second kappa shape index (κ2) is 5.51. The Morgan fingerprint density at radius 1 is 1.38 bits per heavy atom. The van der Waals surface area contributed by atoms with Gasteiger partial charge in [-0.1, -0.05) is 13.0 Å². The molecular formula is C14H16N2O5. The van der Waals surface area contributed by atoms with Gasteiger partial charge < -0.3 is 10.0 Å². The molecule has 7 nitrogen and oxygen atoms in total. The van der Waals surface area contributed by atoms with Gasteiger partial charge in [0, 0.05) is 19.2 Å². The number of nitrogens with zero attached hydrogens (tertiary/aromatic N) is 2. The fourth-order valence-corrected chi connectivity index (χ4v) is 2.60. The predicted molar refractivity (Wildman–Crippen MR) is 74.0 cm³/mol. The van der Waals surface area contributed by atoms with Crippen LogP contribution in [0.3, 0.4) is 0 Å². The molecule has 1 aliphatic rings. The van der Waals surface area contributed by atoms with E-state index in [0.717, 1.165) is 5.56 Å². The number of hydrogen-bond donors (Lipinski definition) is 1. The third-order valence-corrected chi connectivity index (χ3v) is 3.80. The molecule has 0 spiro atoms. The van der Waals surface area contributed by atoms with Gasteiger partial charge in [-0.25, -0.2) is 0 Å². The third-order valence-electron chi connectivity index (χ3n) is 3.80. The van der Waals surface area contributed by atoms with Gasteiger partial charge in [-0.05, 0) is 24.5 Å². The molecule has 7 heteroatoms. The maximum Gasteiger partial charge on any atom is 0.308 e. The Hall–Kier alpha value is -2.44. The molecule has 1 heterocycles. The van der Waals surface area contributed by atoms with E-state index in [0.29, 0.717) is 6.54 Å². The molecule has 0 aromatic heterocycles. The monoisotopic (exact) mass is 292 g/mol. The van der Waals surface area contributed by atoms with Gasteiger partial charge in [0.05, 0.1) is 10.8 Å². The molecule has 2 rings (SSSR count). The fourth-order valence-electron chi connectivity index (χ4n) is 2.60. The van der Waals surface area contributed by atoms with Crippen LogP contribution in [0.25, 0.3) is 0 Å². The van der Waals surface area contributed by atoms with E-state index in [1.165, 1.54) is 17.0 Å². The lowest BCUT2D eigenvalue weighted by Gasteiger charge is -2.16. The van der Waals surface area contributed by atoms with E-state index in [4.69, 9.17) is 5.11 Å². The Bertz CT molecular complexity index is 613. The van der Waals surface area contributed by atoms with Crippen molar-refractivity contribution in [3.05, 3.63) is 39.4 Å². The van der Waals surface area contributed by atoms with Gasteiger partial charge in [-0.3, -0.25) is 19.7 Å². The van der Waals surface area contributed by atoms with Crippen LogP contribution in [0, 0.1) is 28.9 Å². The first-order chi connectivity index (χ1) is 9.81. The topological polar surface area (TPSA) is 101 Å². The molecule has 0 saturated carbocycles. The van der Waals surface area contributed by atoms with E-state index in [1.54, 1.807) is 19.9 Å². The number of hydrogen-bond acceptors (Lipinski definition) is 4. The van der Waals surface area contributed by atoms with Crippen LogP contribution in [-0.4, -0.2) is 39.9 Å². The van der Waals surface area contributed by atoms with Crippen LogP contribution in [0.4, 0.5) is 5.69 Å². The Balaban J connectivity index is 2.31. The van der Waals surface area contributed by atoms with Gasteiger partial charge in [0.15, 0.2) is 0 Å². The van der Waals surface area contributed by atoms with Crippen LogP contribution in [0.5, 0.6) is 0 Å². The van der Waals surface area contributed by atoms with Crippen molar-refractivity contribution in [3.63, 3.8) is 0 Å². The molecule has 1 N–H and O–H groups in total. The Labute approximate surface area is 121 Å². The minimum absolute atomic E-state index is 0.0123. The lowest BCUT2D eigenvalue weighted by molar-refractivity contribution is -0.385. The van der Waals surface area contributed by atoms with Crippen LogP contribution in [0.2, 0.25) is 0 Å². The number of nitro groups is 1. The highest BCUT2D eigenvalue weighted by molar-refractivity contribution is 5.98. The van der Waals surface area contributed by atoms with Crippen molar-refractivity contribution in [2.45, 2.75) is 13.8 Å². The van der Waals surface area contributed by atoms with Gasteiger partial charge in [0.25, 0.3) is 11.6 Å². The summed E-state index contributed by atoms with van der Waals surface area (Å²) in [5, 5.41) is 20.1. The van der Waals surface area contributed by atoms with E-state index in [9.17, 15) is 19.7 Å². The second-order valence-corrected chi connectivity index (χ2v) is 5.41. The van der Waals surface area contributed by atoms with E-state index >= 15 is 0 Å². The zero-order valence-electron chi connectivity index (χ0n) is 11.8. The number of nitro benzene ring substituents is 1. The van der Waals surface area contributed by atoms with Crippen molar-refractivity contribution in [1.29, 1.82) is 0 Å². The van der Waals surface area contributed by atoms with Crippen LogP contribution < -0.4 is 0 Å². The van der Waals surface area contributed by atoms with E-state index in [1.807, 2.05) is 0 Å². The molecule has 2 unspecified atom stereocenters. The first-order valence-electron chi connectivity index (χ1n) is 6.58. The number of carbonyl (C=O) groups is 2. The fraction of sp³-hybridized carbons (Fsp3) is 0.429. The summed E-state index contributed by atoms with van der Waals surface area (Å²) in [4.78, 5) is 35.4. The van der Waals surface area contributed by atoms with Crippen LogP contribution >= 0.6 is 0 Å². The number of rotatable bonds is 3. The number of aliphatic carboxylic acids is 1. The van der Waals surface area contributed by atoms with Gasteiger partial charge >= 0.3 is 5.97 Å². The van der Waals surface area contributed by atoms with Crippen molar-refractivity contribution in [2.75, 3.05) is 13.1 Å². The lowest BCUT2D eigenvalue weighted by Crippen LogP contribution is -2.30. The second-order valence-electron chi connectivity index (χ2n) is 5.41. The van der Waals surface area contributed by atoms with Crippen molar-refractivity contribution in [1.82, 2.24) is 4.90 Å². The van der Waals surface area contributed by atoms with Crippen molar-refractivity contribution >= 4 is 17.6 Å². The zero-order valence-corrected chi connectivity index (χ0v) is 11.8. The molecule has 1 aromatic rings. The molecule has 21 heavy (non-hydrogen) atoms. The average molecular weight is 292 g/mol. The number of carbonyl (C=O) groups excluding carboxylic acids is 1. The highest BCUT2D eigenvalue weighted by atomic mass is 16.6. The number of likely N-dealkylation sites (tertiary alicyclic amines) is 1. The maximum atomic E-state index is 12.5. The third kappa shape index (κ3) is 2.86. The van der Waals surface area contributed by atoms with E-state index in [-0.39, 0.29) is 23.7 Å². The molecule has 1 amide bonds. The molecule has 0 aliphatic carbocycles. The minimum Gasteiger partial charge on any atom is -0.481 e. The summed E-state index contributed by atoms with van der Waals surface area (Å²) in [5.41, 5.74) is 0.501. The molecule has 0 radical (unpaired) electrons. The van der Waals surface area contributed by atoms with Crippen LogP contribution in [0.15, 0.2) is 18.2 Å². The Kier molecular flexibility index (Phi) is 3.93. The normalized spacial score (nSPS) is 21.3. The highest BCUT2D eigenvalue weighted by Gasteiger charge is 2.38. The van der Waals surface area contributed by atoms with Gasteiger partial charge in [-0.2, -0.15) is 0 Å². The largest absolute Gasteiger partial charge is 0.481 e. The summed E-state index contributed by atoms with van der Waals surface area (Å²) in [5.74, 6) is -2.23. The molecule has 112 valence electrons. The van der Waals surface area contributed by atoms with Gasteiger partial charge in [0.1, 0.15) is 5.56 Å². The average Bonchev–Trinajstić information content (AvgIpc) is 2.79. The Morgan fingerprint density at radius 3 is 2.57 bits per heavy atom. The SMILES string of the molecule is Cc1ccc([N+](=O)[O-])c(C(=O)N2CC(C)C(C(=O)O)C2)c1. The molecule has 2 atom stereocenters. The molecular weight excluding hydrogens is 276 g/mol. The van der Waals surface area contributed by atoms with Crippen LogP contribution in [0.1, 0.15) is 22.8 Å². The molecule has 1 aliphatic heterocycles. The standard InChI is InChI=1S/C14H16N2O5/c1-8-3-4-12(16(20)21)10(5-8)13(17)15-6-9(2)11(7-15)14(18)19/h3-5,9,11H,6-7H2,1-2H3,(H,18,19). The molecule has 0 bridgehead atoms. The van der Waals surface area contributed by atoms with E-state index in [2.05, 4.69) is 0 Å². The van der Waals surface area contributed by atoms with Crippen molar-refractivity contribution in [3.8, 4) is 0 Å².